The molecule has 1 aromatic heterocycles. The number of hydrogen-bond acceptors (Lipinski definition) is 7. The van der Waals surface area contributed by atoms with Gasteiger partial charge in [0, 0.05) is 12.3 Å². The van der Waals surface area contributed by atoms with Crippen LogP contribution >= 0.6 is 0 Å². The highest BCUT2D eigenvalue weighted by Crippen LogP contribution is 2.68. The van der Waals surface area contributed by atoms with E-state index in [9.17, 15) is 14.7 Å². The number of nitrogens with zero attached hydrogens (tertiary/aromatic N) is 3. The number of carbonyl (C=O) groups excluding carboxylic acids is 2. The molecule has 0 radical (unpaired) electrons. The van der Waals surface area contributed by atoms with Crippen LogP contribution < -0.4 is 0 Å². The third kappa shape index (κ3) is 4.48. The number of esters is 2. The maximum atomic E-state index is 12.4. The molecule has 9 atom stereocenters. The summed E-state index contributed by atoms with van der Waals surface area (Å²) in [6.45, 7) is 6.38. The van der Waals surface area contributed by atoms with E-state index in [1.165, 1.54) is 13.3 Å². The average Bonchev–Trinajstić information content (AvgIpc) is 3.52. The van der Waals surface area contributed by atoms with E-state index in [0.717, 1.165) is 38.5 Å². The lowest BCUT2D eigenvalue weighted by atomic mass is 9.44. The van der Waals surface area contributed by atoms with Crippen LogP contribution in [0.1, 0.15) is 94.2 Å². The third-order valence-electron chi connectivity index (χ3n) is 11.2. The number of hydrogen-bond donors (Lipinski definition) is 1. The number of carbonyl (C=O) groups is 2. The highest BCUT2D eigenvalue weighted by atomic mass is 16.5. The first-order chi connectivity index (χ1) is 18.7. The van der Waals surface area contributed by atoms with Crippen LogP contribution in [0.15, 0.2) is 36.5 Å². The van der Waals surface area contributed by atoms with Gasteiger partial charge in [0.15, 0.2) is 0 Å². The molecule has 6 rings (SSSR count). The van der Waals surface area contributed by atoms with Gasteiger partial charge in [0.2, 0.25) is 0 Å². The molecule has 4 aliphatic carbocycles. The zero-order valence-corrected chi connectivity index (χ0v) is 23.3. The zero-order chi connectivity index (χ0) is 27.4. The van der Waals surface area contributed by atoms with Crippen molar-refractivity contribution in [1.82, 2.24) is 15.0 Å². The molecule has 4 aliphatic rings. The first-order valence-corrected chi connectivity index (χ1v) is 14.7. The van der Waals surface area contributed by atoms with Crippen molar-refractivity contribution in [3.8, 4) is 0 Å². The Balaban J connectivity index is 1.23. The predicted molar refractivity (Wildman–Crippen MR) is 143 cm³/mol. The average molecular weight is 536 g/mol. The number of benzene rings is 1. The van der Waals surface area contributed by atoms with Gasteiger partial charge >= 0.3 is 11.9 Å². The van der Waals surface area contributed by atoms with Crippen molar-refractivity contribution >= 4 is 11.9 Å². The lowest BCUT2D eigenvalue weighted by Gasteiger charge is -2.62. The Morgan fingerprint density at radius 1 is 1.05 bits per heavy atom. The number of fused-ring (bicyclic) bond motifs is 5. The maximum Gasteiger partial charge on any atom is 0.338 e. The molecule has 1 N–H and O–H groups in total. The molecule has 39 heavy (non-hydrogen) atoms. The normalized spacial score (nSPS) is 39.2. The van der Waals surface area contributed by atoms with Gasteiger partial charge in [-0.25, -0.2) is 9.48 Å². The molecule has 210 valence electrons. The maximum absolute atomic E-state index is 12.4. The fourth-order valence-corrected chi connectivity index (χ4v) is 9.36. The van der Waals surface area contributed by atoms with Crippen molar-refractivity contribution in [2.75, 3.05) is 0 Å². The first-order valence-electron chi connectivity index (χ1n) is 14.7. The summed E-state index contributed by atoms with van der Waals surface area (Å²) in [5.74, 6) is 1.52. The largest absolute Gasteiger partial charge is 0.462 e. The van der Waals surface area contributed by atoms with E-state index in [-0.39, 0.29) is 47.6 Å². The predicted octanol–water partition coefficient (Wildman–Crippen LogP) is 5.12. The second-order valence-corrected chi connectivity index (χ2v) is 13.0. The summed E-state index contributed by atoms with van der Waals surface area (Å²) in [6.07, 6.45) is 9.58. The van der Waals surface area contributed by atoms with Gasteiger partial charge in [-0.15, -0.1) is 5.10 Å². The summed E-state index contributed by atoms with van der Waals surface area (Å²) in [5, 5.41) is 19.8. The van der Waals surface area contributed by atoms with Crippen LogP contribution in [-0.4, -0.2) is 44.2 Å². The smallest absolute Gasteiger partial charge is 0.338 e. The Kier molecular flexibility index (Phi) is 6.81. The van der Waals surface area contributed by atoms with E-state index in [4.69, 9.17) is 9.47 Å². The minimum Gasteiger partial charge on any atom is -0.462 e. The highest BCUT2D eigenvalue weighted by molar-refractivity contribution is 5.89. The van der Waals surface area contributed by atoms with E-state index < -0.39 is 0 Å². The number of aromatic nitrogens is 3. The van der Waals surface area contributed by atoms with Gasteiger partial charge < -0.3 is 14.6 Å². The fraction of sp³-hybridized carbons (Fsp3) is 0.677. The molecular weight excluding hydrogens is 494 g/mol. The molecule has 0 spiro atoms. The lowest BCUT2D eigenvalue weighted by molar-refractivity contribution is -0.171. The molecule has 0 saturated heterocycles. The molecule has 0 amide bonds. The second-order valence-electron chi connectivity index (χ2n) is 13.0. The van der Waals surface area contributed by atoms with E-state index in [2.05, 4.69) is 24.2 Å². The number of rotatable bonds is 5. The van der Waals surface area contributed by atoms with Crippen molar-refractivity contribution in [3.63, 3.8) is 0 Å². The van der Waals surface area contributed by atoms with Gasteiger partial charge in [0.25, 0.3) is 0 Å². The molecule has 0 unspecified atom stereocenters. The summed E-state index contributed by atoms with van der Waals surface area (Å²) < 4.78 is 13.3. The molecule has 8 nitrogen and oxygen atoms in total. The van der Waals surface area contributed by atoms with Crippen molar-refractivity contribution < 1.29 is 24.2 Å². The van der Waals surface area contributed by atoms with Crippen molar-refractivity contribution in [2.24, 2.45) is 34.5 Å². The van der Waals surface area contributed by atoms with Gasteiger partial charge in [-0.1, -0.05) is 37.3 Å². The van der Waals surface area contributed by atoms with Crippen LogP contribution in [-0.2, 0) is 20.9 Å². The summed E-state index contributed by atoms with van der Waals surface area (Å²) in [4.78, 5) is 24.3. The van der Waals surface area contributed by atoms with E-state index in [0.29, 0.717) is 41.3 Å². The van der Waals surface area contributed by atoms with Crippen LogP contribution in [0.3, 0.4) is 0 Å². The number of aliphatic hydroxyl groups is 1. The molecule has 4 saturated carbocycles. The Bertz CT molecular complexity index is 1220. The standard InChI is InChI=1S/C31H41N3O5/c1-19(35)39-28-12-11-25-24-10-9-21-15-23(36)16-27(31(21,3)26(24)13-14-30(25,28)2)34-17-22(32-33-34)18-38-29(37)20-7-5-4-6-8-20/h4-8,17,21,23-28,36H,9-16,18H2,1-3H3/t21-,23-,24-,25-,26-,27-,28-,30-,31-/m0/s1. The highest BCUT2D eigenvalue weighted by Gasteiger charge is 2.63. The van der Waals surface area contributed by atoms with Gasteiger partial charge in [-0.2, -0.15) is 0 Å². The summed E-state index contributed by atoms with van der Waals surface area (Å²) in [6, 6.07) is 8.98. The summed E-state index contributed by atoms with van der Waals surface area (Å²) in [7, 11) is 0. The van der Waals surface area contributed by atoms with Crippen LogP contribution in [0, 0.1) is 34.5 Å². The molecule has 4 fully saturated rings. The topological polar surface area (TPSA) is 104 Å². The summed E-state index contributed by atoms with van der Waals surface area (Å²) in [5.41, 5.74) is 1.15. The Morgan fingerprint density at radius 2 is 1.85 bits per heavy atom. The number of ether oxygens (including phenoxy) is 2. The van der Waals surface area contributed by atoms with Crippen molar-refractivity contribution in [1.29, 1.82) is 0 Å². The van der Waals surface area contributed by atoms with Crippen molar-refractivity contribution in [2.45, 2.75) is 97.0 Å². The van der Waals surface area contributed by atoms with Crippen molar-refractivity contribution in [3.05, 3.63) is 47.8 Å². The molecule has 8 heteroatoms. The van der Waals surface area contributed by atoms with Crippen LogP contribution in [0.25, 0.3) is 0 Å². The minimum absolute atomic E-state index is 0.0192. The van der Waals surface area contributed by atoms with E-state index in [1.54, 1.807) is 12.1 Å². The zero-order valence-electron chi connectivity index (χ0n) is 23.3. The van der Waals surface area contributed by atoms with Gasteiger partial charge in [-0.3, -0.25) is 4.79 Å². The minimum atomic E-state index is -0.380. The lowest BCUT2D eigenvalue weighted by Crippen LogP contribution is -2.58. The van der Waals surface area contributed by atoms with E-state index in [1.807, 2.05) is 29.1 Å². The Hall–Kier alpha value is -2.74. The molecule has 1 aromatic carbocycles. The van der Waals surface area contributed by atoms with Gasteiger partial charge in [0.1, 0.15) is 18.4 Å². The monoisotopic (exact) mass is 535 g/mol. The molecular formula is C31H41N3O5. The molecule has 1 heterocycles. The molecule has 2 aromatic rings. The summed E-state index contributed by atoms with van der Waals surface area (Å²) >= 11 is 0. The molecule has 0 bridgehead atoms. The van der Waals surface area contributed by atoms with Gasteiger partial charge in [0.05, 0.1) is 23.9 Å². The van der Waals surface area contributed by atoms with Crippen LogP contribution in [0.5, 0.6) is 0 Å². The Morgan fingerprint density at radius 3 is 2.62 bits per heavy atom. The van der Waals surface area contributed by atoms with E-state index >= 15 is 0 Å². The SMILES string of the molecule is CC(=O)O[C@H]1CC[C@H]2[C@@H]3CC[C@H]4C[C@H](O)C[C@H](n5cc(COC(=O)c6ccccc6)nn5)[C@]4(C)[C@H]3CC[C@]12C. The van der Waals surface area contributed by atoms with Crippen LogP contribution in [0.2, 0.25) is 0 Å². The molecule has 0 aliphatic heterocycles. The van der Waals surface area contributed by atoms with Gasteiger partial charge in [-0.05, 0) is 92.6 Å². The second kappa shape index (κ2) is 10.0. The quantitative estimate of drug-likeness (QED) is 0.530. The Labute approximate surface area is 230 Å². The number of aliphatic hydroxyl groups excluding tert-OH is 1. The first kappa shape index (κ1) is 26.5. The van der Waals surface area contributed by atoms with Crippen LogP contribution in [0.4, 0.5) is 0 Å². The fourth-order valence-electron chi connectivity index (χ4n) is 9.36. The third-order valence-corrected chi connectivity index (χ3v) is 11.2.